The third-order valence-electron chi connectivity index (χ3n) is 2.28. The van der Waals surface area contributed by atoms with Crippen molar-refractivity contribution in [3.8, 4) is 17.0 Å². The summed E-state index contributed by atoms with van der Waals surface area (Å²) in [5.41, 5.74) is 0.966. The van der Waals surface area contributed by atoms with E-state index in [1.54, 1.807) is 6.07 Å². The number of nitrogens with zero attached hydrogens (tertiary/aromatic N) is 1. The van der Waals surface area contributed by atoms with Gasteiger partial charge in [-0.1, -0.05) is 34.8 Å². The van der Waals surface area contributed by atoms with Gasteiger partial charge in [-0.05, 0) is 17.7 Å². The third kappa shape index (κ3) is 2.69. The van der Waals surface area contributed by atoms with Crippen LogP contribution in [0, 0.1) is 5.95 Å². The van der Waals surface area contributed by atoms with E-state index in [0.29, 0.717) is 26.2 Å². The molecule has 0 aliphatic carbocycles. The number of ether oxygens (including phenoxy) is 1. The quantitative estimate of drug-likeness (QED) is 0.739. The topological polar surface area (TPSA) is 22.1 Å². The standard InChI is InChI=1S/C12H7Cl3FNO/c1-18-11-3-6(2-10(16)17-11)12-8(14)4-7(13)5-9(12)15/h2-5H,1H3. The first-order valence-electron chi connectivity index (χ1n) is 4.87. The van der Waals surface area contributed by atoms with E-state index >= 15 is 0 Å². The maximum atomic E-state index is 13.3. The minimum absolute atomic E-state index is 0.145. The predicted molar refractivity (Wildman–Crippen MR) is 71.2 cm³/mol. The fraction of sp³-hybridized carbons (Fsp3) is 0.0833. The van der Waals surface area contributed by atoms with Crippen LogP contribution in [-0.4, -0.2) is 12.1 Å². The summed E-state index contributed by atoms with van der Waals surface area (Å²) in [7, 11) is 1.40. The zero-order chi connectivity index (χ0) is 13.3. The second kappa shape index (κ2) is 5.31. The van der Waals surface area contributed by atoms with Crippen molar-refractivity contribution >= 4 is 34.8 Å². The van der Waals surface area contributed by atoms with Gasteiger partial charge in [0.2, 0.25) is 11.8 Å². The SMILES string of the molecule is COc1cc(-c2c(Cl)cc(Cl)cc2Cl)cc(F)n1. The highest BCUT2D eigenvalue weighted by molar-refractivity contribution is 6.41. The summed E-state index contributed by atoms with van der Waals surface area (Å²) in [5.74, 6) is -0.529. The zero-order valence-corrected chi connectivity index (χ0v) is 11.4. The molecule has 0 radical (unpaired) electrons. The number of methoxy groups -OCH3 is 1. The highest BCUT2D eigenvalue weighted by Crippen LogP contribution is 2.38. The summed E-state index contributed by atoms with van der Waals surface area (Å²) in [6, 6.07) is 5.85. The van der Waals surface area contributed by atoms with Gasteiger partial charge in [0.15, 0.2) is 0 Å². The summed E-state index contributed by atoms with van der Waals surface area (Å²) in [5, 5.41) is 1.08. The van der Waals surface area contributed by atoms with Gasteiger partial charge in [0.25, 0.3) is 0 Å². The average molecular weight is 307 g/mol. The van der Waals surface area contributed by atoms with Crippen LogP contribution in [0.1, 0.15) is 0 Å². The molecule has 2 rings (SSSR count). The van der Waals surface area contributed by atoms with Crippen LogP contribution in [0.5, 0.6) is 5.88 Å². The molecule has 0 aliphatic heterocycles. The Bertz CT molecular complexity index is 581. The fourth-order valence-corrected chi connectivity index (χ4v) is 2.57. The molecule has 0 saturated carbocycles. The number of hydrogen-bond donors (Lipinski definition) is 0. The van der Waals surface area contributed by atoms with E-state index in [-0.39, 0.29) is 5.88 Å². The Morgan fingerprint density at radius 3 is 2.22 bits per heavy atom. The van der Waals surface area contributed by atoms with Crippen molar-refractivity contribution in [2.24, 2.45) is 0 Å². The van der Waals surface area contributed by atoms with E-state index < -0.39 is 5.95 Å². The Balaban J connectivity index is 2.65. The highest BCUT2D eigenvalue weighted by atomic mass is 35.5. The van der Waals surface area contributed by atoms with Gasteiger partial charge in [0, 0.05) is 22.7 Å². The summed E-state index contributed by atoms with van der Waals surface area (Å²) >= 11 is 17.9. The molecule has 1 aromatic carbocycles. The average Bonchev–Trinajstić information content (AvgIpc) is 2.26. The van der Waals surface area contributed by atoms with Gasteiger partial charge in [-0.15, -0.1) is 0 Å². The van der Waals surface area contributed by atoms with Crippen molar-refractivity contribution in [1.29, 1.82) is 0 Å². The smallest absolute Gasteiger partial charge is 0.216 e. The van der Waals surface area contributed by atoms with Crippen LogP contribution in [0.4, 0.5) is 4.39 Å². The van der Waals surface area contributed by atoms with Crippen LogP contribution in [0.25, 0.3) is 11.1 Å². The molecule has 0 aliphatic rings. The second-order valence-electron chi connectivity index (χ2n) is 3.47. The zero-order valence-electron chi connectivity index (χ0n) is 9.18. The predicted octanol–water partition coefficient (Wildman–Crippen LogP) is 4.86. The van der Waals surface area contributed by atoms with E-state index in [1.807, 2.05) is 0 Å². The van der Waals surface area contributed by atoms with Crippen LogP contribution in [0.15, 0.2) is 24.3 Å². The molecule has 1 aromatic heterocycles. The van der Waals surface area contributed by atoms with Crippen LogP contribution in [0.2, 0.25) is 15.1 Å². The molecule has 0 saturated heterocycles. The summed E-state index contributed by atoms with van der Waals surface area (Å²) in [4.78, 5) is 3.55. The molecule has 0 N–H and O–H groups in total. The van der Waals surface area contributed by atoms with Gasteiger partial charge in [0.05, 0.1) is 17.2 Å². The lowest BCUT2D eigenvalue weighted by Crippen LogP contribution is -1.93. The first-order valence-corrected chi connectivity index (χ1v) is 6.01. The minimum atomic E-state index is -0.675. The maximum absolute atomic E-state index is 13.3. The van der Waals surface area contributed by atoms with E-state index in [2.05, 4.69) is 4.98 Å². The van der Waals surface area contributed by atoms with Crippen LogP contribution >= 0.6 is 34.8 Å². The van der Waals surface area contributed by atoms with Gasteiger partial charge in [-0.3, -0.25) is 0 Å². The van der Waals surface area contributed by atoms with Gasteiger partial charge in [0.1, 0.15) is 0 Å². The van der Waals surface area contributed by atoms with Gasteiger partial charge in [-0.2, -0.15) is 9.37 Å². The van der Waals surface area contributed by atoms with Crippen molar-refractivity contribution in [3.63, 3.8) is 0 Å². The molecule has 0 fully saturated rings. The Morgan fingerprint density at radius 1 is 1.06 bits per heavy atom. The number of hydrogen-bond acceptors (Lipinski definition) is 2. The molecular formula is C12H7Cl3FNO. The van der Waals surface area contributed by atoms with Gasteiger partial charge >= 0.3 is 0 Å². The molecule has 0 atom stereocenters. The molecular weight excluding hydrogens is 299 g/mol. The summed E-state index contributed by atoms with van der Waals surface area (Å²) in [6.45, 7) is 0. The van der Waals surface area contributed by atoms with Gasteiger partial charge in [-0.25, -0.2) is 0 Å². The number of benzene rings is 1. The maximum Gasteiger partial charge on any atom is 0.216 e. The number of pyridine rings is 1. The first kappa shape index (κ1) is 13.4. The molecule has 0 amide bonds. The Kier molecular flexibility index (Phi) is 3.95. The Morgan fingerprint density at radius 2 is 1.67 bits per heavy atom. The second-order valence-corrected chi connectivity index (χ2v) is 4.72. The van der Waals surface area contributed by atoms with Crippen molar-refractivity contribution in [2.45, 2.75) is 0 Å². The first-order chi connectivity index (χ1) is 8.51. The lowest BCUT2D eigenvalue weighted by atomic mass is 10.1. The molecule has 1 heterocycles. The highest BCUT2D eigenvalue weighted by Gasteiger charge is 2.13. The normalized spacial score (nSPS) is 10.5. The van der Waals surface area contributed by atoms with Crippen molar-refractivity contribution in [1.82, 2.24) is 4.98 Å². The fourth-order valence-electron chi connectivity index (χ4n) is 1.54. The lowest BCUT2D eigenvalue weighted by molar-refractivity contribution is 0.388. The molecule has 2 aromatic rings. The molecule has 0 spiro atoms. The Labute approximate surface area is 118 Å². The molecule has 0 bridgehead atoms. The van der Waals surface area contributed by atoms with Crippen LogP contribution in [0.3, 0.4) is 0 Å². The van der Waals surface area contributed by atoms with E-state index in [1.165, 1.54) is 25.3 Å². The molecule has 2 nitrogen and oxygen atoms in total. The molecule has 0 unspecified atom stereocenters. The summed E-state index contributed by atoms with van der Waals surface area (Å²) < 4.78 is 18.2. The molecule has 6 heteroatoms. The van der Waals surface area contributed by atoms with Crippen LogP contribution in [-0.2, 0) is 0 Å². The van der Waals surface area contributed by atoms with Crippen molar-refractivity contribution < 1.29 is 9.13 Å². The Hall–Kier alpha value is -1.03. The van der Waals surface area contributed by atoms with Crippen molar-refractivity contribution in [3.05, 3.63) is 45.3 Å². The van der Waals surface area contributed by atoms with E-state index in [0.717, 1.165) is 0 Å². The van der Waals surface area contributed by atoms with Crippen molar-refractivity contribution in [2.75, 3.05) is 7.11 Å². The minimum Gasteiger partial charge on any atom is -0.481 e. The third-order valence-corrected chi connectivity index (χ3v) is 3.09. The van der Waals surface area contributed by atoms with E-state index in [9.17, 15) is 4.39 Å². The molecule has 18 heavy (non-hydrogen) atoms. The summed E-state index contributed by atoms with van der Waals surface area (Å²) in [6.07, 6.45) is 0. The molecule has 94 valence electrons. The monoisotopic (exact) mass is 305 g/mol. The lowest BCUT2D eigenvalue weighted by Gasteiger charge is -2.09. The van der Waals surface area contributed by atoms with E-state index in [4.69, 9.17) is 39.5 Å². The number of rotatable bonds is 2. The number of aromatic nitrogens is 1. The van der Waals surface area contributed by atoms with Crippen LogP contribution < -0.4 is 4.74 Å². The largest absolute Gasteiger partial charge is 0.481 e. The number of halogens is 4. The van der Waals surface area contributed by atoms with Gasteiger partial charge < -0.3 is 4.74 Å².